The molecular weight excluding hydrogens is 249 g/mol. The van der Waals surface area contributed by atoms with Crippen molar-refractivity contribution in [3.63, 3.8) is 0 Å². The third-order valence-electron chi connectivity index (χ3n) is 3.06. The molecule has 1 amide bonds. The van der Waals surface area contributed by atoms with Crippen LogP contribution in [-0.2, 0) is 5.41 Å². The molecule has 2 aromatic rings. The van der Waals surface area contributed by atoms with Gasteiger partial charge in [0.2, 0.25) is 7.85 Å². The predicted octanol–water partition coefficient (Wildman–Crippen LogP) is 2.64. The van der Waals surface area contributed by atoms with Crippen molar-refractivity contribution in [3.05, 3.63) is 41.6 Å². The monoisotopic (exact) mass is 269 g/mol. The number of aryl methyl sites for hydroxylation is 1. The number of amides is 1. The number of rotatable bonds is 2. The molecule has 20 heavy (non-hydrogen) atoms. The summed E-state index contributed by atoms with van der Waals surface area (Å²) in [5.74, 6) is 0.602. The van der Waals surface area contributed by atoms with Crippen LogP contribution in [0.2, 0.25) is 0 Å². The van der Waals surface area contributed by atoms with Crippen LogP contribution in [0.25, 0.3) is 5.69 Å². The van der Waals surface area contributed by atoms with Gasteiger partial charge in [0.05, 0.1) is 11.4 Å². The fourth-order valence-electron chi connectivity index (χ4n) is 1.90. The molecule has 4 nitrogen and oxygen atoms in total. The van der Waals surface area contributed by atoms with Crippen molar-refractivity contribution in [2.24, 2.45) is 0 Å². The molecule has 0 fully saturated rings. The van der Waals surface area contributed by atoms with Gasteiger partial charge in [-0.15, -0.1) is 0 Å². The first kappa shape index (κ1) is 14.4. The molecule has 0 saturated carbocycles. The predicted molar refractivity (Wildman–Crippen MR) is 84.6 cm³/mol. The Bertz CT molecular complexity index is 624. The van der Waals surface area contributed by atoms with E-state index in [4.69, 9.17) is 0 Å². The van der Waals surface area contributed by atoms with Crippen LogP contribution >= 0.6 is 0 Å². The fourth-order valence-corrected chi connectivity index (χ4v) is 1.90. The van der Waals surface area contributed by atoms with Gasteiger partial charge in [-0.25, -0.2) is 4.68 Å². The van der Waals surface area contributed by atoms with E-state index < -0.39 is 0 Å². The zero-order chi connectivity index (χ0) is 14.9. The van der Waals surface area contributed by atoms with Crippen molar-refractivity contribution in [3.8, 4) is 5.69 Å². The molecule has 1 heterocycles. The molecule has 0 aliphatic rings. The van der Waals surface area contributed by atoms with Gasteiger partial charge in [0.1, 0.15) is 5.82 Å². The van der Waals surface area contributed by atoms with Crippen LogP contribution in [0.5, 0.6) is 0 Å². The highest BCUT2D eigenvalue weighted by atomic mass is 16.1. The number of carbonyl (C=O) groups excluding carboxylic acids is 1. The van der Waals surface area contributed by atoms with Gasteiger partial charge < -0.3 is 5.32 Å². The van der Waals surface area contributed by atoms with Crippen molar-refractivity contribution in [1.82, 2.24) is 9.78 Å². The number of aromatic nitrogens is 2. The molecule has 0 bridgehead atoms. The number of hydrogen-bond acceptors (Lipinski definition) is 2. The lowest BCUT2D eigenvalue weighted by atomic mass is 9.92. The summed E-state index contributed by atoms with van der Waals surface area (Å²) in [6.07, 6.45) is 0. The zero-order valence-corrected chi connectivity index (χ0v) is 12.7. The Morgan fingerprint density at radius 2 is 1.85 bits per heavy atom. The first-order chi connectivity index (χ1) is 9.27. The van der Waals surface area contributed by atoms with Crippen molar-refractivity contribution in [1.29, 1.82) is 0 Å². The minimum atomic E-state index is -0.0984. The Morgan fingerprint density at radius 3 is 2.35 bits per heavy atom. The molecule has 2 rings (SSSR count). The van der Waals surface area contributed by atoms with Crippen LogP contribution in [0.4, 0.5) is 10.6 Å². The smallest absolute Gasteiger partial charge is 0.216 e. The van der Waals surface area contributed by atoms with Crippen molar-refractivity contribution < 1.29 is 4.79 Å². The summed E-state index contributed by atoms with van der Waals surface area (Å²) in [7, 11) is 1.50. The van der Waals surface area contributed by atoms with Gasteiger partial charge in [-0.3, -0.25) is 4.79 Å². The minimum absolute atomic E-state index is 0.0663. The Labute approximate surface area is 120 Å². The van der Waals surface area contributed by atoms with E-state index in [0.717, 1.165) is 11.4 Å². The molecule has 1 N–H and O–H groups in total. The first-order valence-corrected chi connectivity index (χ1v) is 6.72. The maximum Gasteiger partial charge on any atom is 0.216 e. The summed E-state index contributed by atoms with van der Waals surface area (Å²) in [5, 5.41) is 7.48. The summed E-state index contributed by atoms with van der Waals surface area (Å²) in [6, 6.07) is 10.00. The van der Waals surface area contributed by atoms with E-state index in [1.165, 1.54) is 13.4 Å². The Morgan fingerprint density at radius 1 is 1.25 bits per heavy atom. The highest BCUT2D eigenvalue weighted by Gasteiger charge is 2.20. The highest BCUT2D eigenvalue weighted by Crippen LogP contribution is 2.26. The molecule has 1 aromatic carbocycles. The molecule has 0 radical (unpaired) electrons. The van der Waals surface area contributed by atoms with E-state index in [1.54, 1.807) is 4.68 Å². The molecular formula is C15H20BN3O. The van der Waals surface area contributed by atoms with Crippen molar-refractivity contribution >= 4 is 19.5 Å². The van der Waals surface area contributed by atoms with E-state index in [9.17, 15) is 4.79 Å². The first-order valence-electron chi connectivity index (χ1n) is 6.72. The average molecular weight is 269 g/mol. The fraction of sp³-hybridized carbons (Fsp3) is 0.333. The van der Waals surface area contributed by atoms with Crippen LogP contribution < -0.4 is 5.32 Å². The zero-order valence-electron chi connectivity index (χ0n) is 12.7. The van der Waals surface area contributed by atoms with E-state index in [-0.39, 0.29) is 11.2 Å². The van der Waals surface area contributed by atoms with Gasteiger partial charge in [0, 0.05) is 11.5 Å². The molecule has 0 atom stereocenters. The summed E-state index contributed by atoms with van der Waals surface area (Å²) in [6.45, 7) is 8.35. The topological polar surface area (TPSA) is 46.9 Å². The van der Waals surface area contributed by atoms with E-state index in [2.05, 4.69) is 31.2 Å². The molecule has 0 unspecified atom stereocenters. The summed E-state index contributed by atoms with van der Waals surface area (Å²) < 4.78 is 1.78. The summed E-state index contributed by atoms with van der Waals surface area (Å²) in [4.78, 5) is 11.4. The number of anilines is 1. The molecule has 5 heteroatoms. The molecule has 0 saturated heterocycles. The Balaban J connectivity index is 2.52. The van der Waals surface area contributed by atoms with Gasteiger partial charge in [0.25, 0.3) is 0 Å². The van der Waals surface area contributed by atoms with Crippen LogP contribution in [0.1, 0.15) is 32.0 Å². The van der Waals surface area contributed by atoms with Gasteiger partial charge in [0.15, 0.2) is 5.81 Å². The number of nitrogens with one attached hydrogen (secondary N) is 1. The highest BCUT2D eigenvalue weighted by molar-refractivity contribution is 6.60. The molecule has 104 valence electrons. The van der Waals surface area contributed by atoms with E-state index in [0.29, 0.717) is 5.82 Å². The number of carbonyl (C=O) groups is 1. The molecule has 0 aliphatic carbocycles. The number of benzene rings is 1. The normalized spacial score (nSPS) is 11.4. The number of nitrogens with zero attached hydrogens (tertiary/aromatic N) is 2. The Hall–Kier alpha value is -2.04. The lowest BCUT2D eigenvalue weighted by Crippen LogP contribution is -2.13. The molecule has 0 aliphatic heterocycles. The lowest BCUT2D eigenvalue weighted by molar-refractivity contribution is 0.268. The summed E-state index contributed by atoms with van der Waals surface area (Å²) in [5.41, 5.74) is 3.01. The minimum Gasteiger partial charge on any atom is -0.320 e. The second kappa shape index (κ2) is 5.15. The third-order valence-corrected chi connectivity index (χ3v) is 3.06. The average Bonchev–Trinajstić information content (AvgIpc) is 2.73. The van der Waals surface area contributed by atoms with Crippen molar-refractivity contribution in [2.45, 2.75) is 33.1 Å². The van der Waals surface area contributed by atoms with Gasteiger partial charge in [-0.1, -0.05) is 38.5 Å². The van der Waals surface area contributed by atoms with Gasteiger partial charge >= 0.3 is 0 Å². The SMILES string of the molecule is BC(=O)Nc1cc(C(C)(C)C)nn1-c1ccc(C)cc1. The van der Waals surface area contributed by atoms with Gasteiger partial charge in [-0.2, -0.15) is 5.10 Å². The van der Waals surface area contributed by atoms with E-state index in [1.807, 2.05) is 37.3 Å². The van der Waals surface area contributed by atoms with E-state index >= 15 is 0 Å². The molecule has 0 spiro atoms. The lowest BCUT2D eigenvalue weighted by Gasteiger charge is -2.14. The summed E-state index contributed by atoms with van der Waals surface area (Å²) >= 11 is 0. The third kappa shape index (κ3) is 3.10. The van der Waals surface area contributed by atoms with Crippen LogP contribution in [0, 0.1) is 6.92 Å². The largest absolute Gasteiger partial charge is 0.320 e. The van der Waals surface area contributed by atoms with Gasteiger partial charge in [-0.05, 0) is 19.1 Å². The van der Waals surface area contributed by atoms with Crippen LogP contribution in [0.15, 0.2) is 30.3 Å². The second-order valence-corrected chi connectivity index (χ2v) is 6.09. The van der Waals surface area contributed by atoms with Crippen molar-refractivity contribution in [2.75, 3.05) is 5.32 Å². The maximum absolute atomic E-state index is 11.4. The standard InChI is InChI=1S/C15H20BN3O/c1-10-5-7-11(8-6-10)19-13(17-14(16)20)9-12(18-19)15(2,3)4/h5-9H,16H2,1-4H3,(H,17,20). The maximum atomic E-state index is 11.4. The Kier molecular flexibility index (Phi) is 3.70. The van der Waals surface area contributed by atoms with Crippen LogP contribution in [-0.4, -0.2) is 23.4 Å². The number of hydrogen-bond donors (Lipinski definition) is 1. The molecule has 1 aromatic heterocycles. The second-order valence-electron chi connectivity index (χ2n) is 6.09. The quantitative estimate of drug-likeness (QED) is 0.852. The van der Waals surface area contributed by atoms with Crippen LogP contribution in [0.3, 0.4) is 0 Å².